The fourth-order valence-corrected chi connectivity index (χ4v) is 5.47. The third-order valence-corrected chi connectivity index (χ3v) is 7.12. The zero-order valence-corrected chi connectivity index (χ0v) is 22.1. The van der Waals surface area contributed by atoms with Gasteiger partial charge in [-0.15, -0.1) is 0 Å². The second-order valence-electron chi connectivity index (χ2n) is 8.95. The second kappa shape index (κ2) is 9.92. The third kappa shape index (κ3) is 5.11. The number of carboxylic acids is 1. The van der Waals surface area contributed by atoms with Crippen LogP contribution in [-0.4, -0.2) is 35.8 Å². The van der Waals surface area contributed by atoms with E-state index >= 15 is 0 Å². The summed E-state index contributed by atoms with van der Waals surface area (Å²) in [5.74, 6) is 0.236. The van der Waals surface area contributed by atoms with Crippen LogP contribution in [0.2, 0.25) is 0 Å². The van der Waals surface area contributed by atoms with Crippen LogP contribution in [0.25, 0.3) is 11.3 Å². The number of aryl methyl sites for hydroxylation is 1. The largest absolute Gasteiger partial charge is 0.478 e. The van der Waals surface area contributed by atoms with Crippen molar-refractivity contribution >= 4 is 44.7 Å². The first-order valence-electron chi connectivity index (χ1n) is 11.6. The lowest BCUT2D eigenvalue weighted by Crippen LogP contribution is -2.29. The molecule has 0 saturated carbocycles. The predicted octanol–water partition coefficient (Wildman–Crippen LogP) is 4.90. The van der Waals surface area contributed by atoms with Crippen LogP contribution < -0.4 is 14.9 Å². The van der Waals surface area contributed by atoms with Crippen LogP contribution in [0.3, 0.4) is 0 Å². The minimum atomic E-state index is -3.41. The minimum Gasteiger partial charge on any atom is -0.478 e. The van der Waals surface area contributed by atoms with Gasteiger partial charge in [0.1, 0.15) is 17.6 Å². The summed E-state index contributed by atoms with van der Waals surface area (Å²) in [6.45, 7) is 1.84. The van der Waals surface area contributed by atoms with E-state index in [0.717, 1.165) is 28.8 Å². The number of pyridine rings is 1. The first-order chi connectivity index (χ1) is 18.1. The standard InChI is InChI=1S/C27H24N4O5S2/c1-16-15-17(26(32)33)6-11-20(16)22-12-13-23(36-22)25-24(21-5-3-4-14-28-21)29-27(37)31(25)19-9-7-18(8-10-19)30-38(2,34)35/h3-15,24-25,30H,1-2H3,(H,29,37)(H,32,33)/t24-,25+/m1/s1. The number of thiocarbonyl (C=S) groups is 1. The molecule has 3 N–H and O–H groups in total. The van der Waals surface area contributed by atoms with Gasteiger partial charge in [-0.3, -0.25) is 9.71 Å². The van der Waals surface area contributed by atoms with Crippen molar-refractivity contribution in [3.8, 4) is 11.3 Å². The molecule has 0 radical (unpaired) electrons. The number of sulfonamides is 1. The highest BCUT2D eigenvalue weighted by atomic mass is 32.2. The van der Waals surface area contributed by atoms with Crippen molar-refractivity contribution in [3.63, 3.8) is 0 Å². The molecule has 194 valence electrons. The Hall–Kier alpha value is -4.22. The van der Waals surface area contributed by atoms with Gasteiger partial charge in [-0.1, -0.05) is 12.1 Å². The molecule has 1 fully saturated rings. The van der Waals surface area contributed by atoms with Crippen molar-refractivity contribution in [2.24, 2.45) is 0 Å². The second-order valence-corrected chi connectivity index (χ2v) is 11.1. The maximum atomic E-state index is 11.6. The van der Waals surface area contributed by atoms with E-state index in [1.807, 2.05) is 42.2 Å². The monoisotopic (exact) mass is 548 g/mol. The van der Waals surface area contributed by atoms with Gasteiger partial charge in [-0.25, -0.2) is 13.2 Å². The number of aromatic carboxylic acids is 1. The van der Waals surface area contributed by atoms with Crippen LogP contribution >= 0.6 is 12.2 Å². The van der Waals surface area contributed by atoms with Crippen LogP contribution in [0.1, 0.15) is 39.5 Å². The van der Waals surface area contributed by atoms with Gasteiger partial charge in [-0.2, -0.15) is 0 Å². The molecular weight excluding hydrogens is 524 g/mol. The SMILES string of the molecule is Cc1cc(C(=O)O)ccc1-c1ccc([C@H]2[C@@H](c3ccccn3)NC(=S)N2c2ccc(NS(C)(=O)=O)cc2)o1. The fourth-order valence-electron chi connectivity index (χ4n) is 4.56. The van der Waals surface area contributed by atoms with E-state index in [9.17, 15) is 18.3 Å². The Bertz CT molecular complexity index is 1620. The molecule has 1 aliphatic rings. The van der Waals surface area contributed by atoms with E-state index in [2.05, 4.69) is 15.0 Å². The van der Waals surface area contributed by atoms with Gasteiger partial charge in [0.15, 0.2) is 5.11 Å². The molecule has 2 aromatic carbocycles. The molecule has 0 spiro atoms. The highest BCUT2D eigenvalue weighted by molar-refractivity contribution is 7.92. The number of carbonyl (C=O) groups is 1. The number of hydrogen-bond acceptors (Lipinski definition) is 6. The molecule has 1 aliphatic heterocycles. The third-order valence-electron chi connectivity index (χ3n) is 6.20. The topological polar surface area (TPSA) is 125 Å². The van der Waals surface area contributed by atoms with E-state index in [0.29, 0.717) is 22.3 Å². The average Bonchev–Trinajstić information content (AvgIpc) is 3.48. The molecule has 3 heterocycles. The summed E-state index contributed by atoms with van der Waals surface area (Å²) < 4.78 is 32.1. The highest BCUT2D eigenvalue weighted by Crippen LogP contribution is 2.43. The number of nitrogens with zero attached hydrogens (tertiary/aromatic N) is 2. The normalized spacial score (nSPS) is 17.3. The van der Waals surface area contributed by atoms with Crippen molar-refractivity contribution in [1.29, 1.82) is 0 Å². The summed E-state index contributed by atoms with van der Waals surface area (Å²) in [5, 5.41) is 13.1. The summed E-state index contributed by atoms with van der Waals surface area (Å²) in [7, 11) is -3.41. The Morgan fingerprint density at radius 2 is 1.87 bits per heavy atom. The smallest absolute Gasteiger partial charge is 0.335 e. The number of aromatic nitrogens is 1. The quantitative estimate of drug-likeness (QED) is 0.277. The van der Waals surface area contributed by atoms with E-state index < -0.39 is 22.0 Å². The lowest BCUT2D eigenvalue weighted by molar-refractivity contribution is 0.0696. The van der Waals surface area contributed by atoms with Crippen molar-refractivity contribution < 1.29 is 22.7 Å². The van der Waals surface area contributed by atoms with E-state index in [-0.39, 0.29) is 11.6 Å². The summed E-state index contributed by atoms with van der Waals surface area (Å²) in [4.78, 5) is 17.8. The predicted molar refractivity (Wildman–Crippen MR) is 149 cm³/mol. The fraction of sp³-hybridized carbons (Fsp3) is 0.148. The molecule has 38 heavy (non-hydrogen) atoms. The molecule has 5 rings (SSSR count). The van der Waals surface area contributed by atoms with Crippen LogP contribution in [0, 0.1) is 6.92 Å². The summed E-state index contributed by atoms with van der Waals surface area (Å²) in [6, 6.07) is 20.5. The Balaban J connectivity index is 1.55. The summed E-state index contributed by atoms with van der Waals surface area (Å²) in [5.41, 5.74) is 3.72. The van der Waals surface area contributed by atoms with Crippen LogP contribution in [0.4, 0.5) is 11.4 Å². The lowest BCUT2D eigenvalue weighted by atomic mass is 10.0. The van der Waals surface area contributed by atoms with Crippen LogP contribution in [0.5, 0.6) is 0 Å². The van der Waals surface area contributed by atoms with Gasteiger partial charge in [0, 0.05) is 23.1 Å². The number of rotatable bonds is 7. The molecule has 1 saturated heterocycles. The molecule has 2 atom stereocenters. The van der Waals surface area contributed by atoms with E-state index in [1.54, 1.807) is 48.7 Å². The van der Waals surface area contributed by atoms with Crippen molar-refractivity contribution in [1.82, 2.24) is 10.3 Å². The molecule has 11 heteroatoms. The van der Waals surface area contributed by atoms with Gasteiger partial charge in [0.25, 0.3) is 0 Å². The Labute approximate surface area is 225 Å². The first kappa shape index (κ1) is 25.4. The number of nitrogens with one attached hydrogen (secondary N) is 2. The number of carboxylic acid groups (broad SMARTS) is 1. The molecule has 4 aromatic rings. The Morgan fingerprint density at radius 3 is 2.50 bits per heavy atom. The zero-order valence-electron chi connectivity index (χ0n) is 20.5. The number of benzene rings is 2. The molecule has 9 nitrogen and oxygen atoms in total. The number of furan rings is 1. The van der Waals surface area contributed by atoms with E-state index in [1.165, 1.54) is 0 Å². The zero-order chi connectivity index (χ0) is 27.0. The van der Waals surface area contributed by atoms with Gasteiger partial charge >= 0.3 is 5.97 Å². The molecule has 0 unspecified atom stereocenters. The minimum absolute atomic E-state index is 0.207. The summed E-state index contributed by atoms with van der Waals surface area (Å²) in [6.07, 6.45) is 2.81. The first-order valence-corrected chi connectivity index (χ1v) is 13.9. The van der Waals surface area contributed by atoms with Gasteiger partial charge < -0.3 is 19.7 Å². The van der Waals surface area contributed by atoms with Crippen LogP contribution in [0.15, 0.2) is 83.4 Å². The Morgan fingerprint density at radius 1 is 1.11 bits per heavy atom. The molecule has 0 bridgehead atoms. The van der Waals surface area contributed by atoms with Crippen molar-refractivity contribution in [2.45, 2.75) is 19.0 Å². The molecular formula is C27H24N4O5S2. The lowest BCUT2D eigenvalue weighted by Gasteiger charge is -2.26. The van der Waals surface area contributed by atoms with Gasteiger partial charge in [-0.05, 0) is 85.4 Å². The molecule has 0 aliphatic carbocycles. The van der Waals surface area contributed by atoms with Crippen molar-refractivity contribution in [2.75, 3.05) is 15.9 Å². The molecule has 0 amide bonds. The van der Waals surface area contributed by atoms with Crippen LogP contribution in [-0.2, 0) is 10.0 Å². The maximum Gasteiger partial charge on any atom is 0.335 e. The van der Waals surface area contributed by atoms with Crippen molar-refractivity contribution in [3.05, 3.63) is 102 Å². The average molecular weight is 549 g/mol. The number of hydrogen-bond donors (Lipinski definition) is 3. The van der Waals surface area contributed by atoms with Gasteiger partial charge in [0.2, 0.25) is 10.0 Å². The maximum absolute atomic E-state index is 11.6. The molecule has 2 aromatic heterocycles. The van der Waals surface area contributed by atoms with E-state index in [4.69, 9.17) is 16.6 Å². The number of anilines is 2. The highest BCUT2D eigenvalue weighted by Gasteiger charge is 2.42. The van der Waals surface area contributed by atoms with Gasteiger partial charge in [0.05, 0.1) is 23.6 Å². The Kier molecular flexibility index (Phi) is 6.64. The summed E-state index contributed by atoms with van der Waals surface area (Å²) >= 11 is 5.74.